The third-order valence-electron chi connectivity index (χ3n) is 7.47. The molecule has 1 aliphatic heterocycles. The molecule has 3 heterocycles. The highest BCUT2D eigenvalue weighted by molar-refractivity contribution is 6.04. The lowest BCUT2D eigenvalue weighted by Gasteiger charge is -2.04. The summed E-state index contributed by atoms with van der Waals surface area (Å²) in [6, 6.07) is 17.3. The Morgan fingerprint density at radius 1 is 0.735 bits per heavy atom. The highest BCUT2D eigenvalue weighted by Gasteiger charge is 2.21. The molecule has 0 bridgehead atoms. The SMILES string of the molecule is C(#Cc1ccc2nc(C3CCCC3)[nH]c2c1)c1ccc2c(ccc3[nH]c([C@@H]4CCCN4)nc32)c1. The minimum Gasteiger partial charge on any atom is -0.342 e. The molecule has 5 heteroatoms. The molecule has 34 heavy (non-hydrogen) atoms. The van der Waals surface area contributed by atoms with E-state index in [4.69, 9.17) is 9.97 Å². The Morgan fingerprint density at radius 2 is 1.56 bits per heavy atom. The van der Waals surface area contributed by atoms with Crippen molar-refractivity contribution in [1.29, 1.82) is 0 Å². The number of fused-ring (bicyclic) bond motifs is 4. The highest BCUT2D eigenvalue weighted by atomic mass is 15.0. The summed E-state index contributed by atoms with van der Waals surface area (Å²) in [6.45, 7) is 1.07. The van der Waals surface area contributed by atoms with Gasteiger partial charge in [0.1, 0.15) is 11.6 Å². The number of rotatable bonds is 2. The van der Waals surface area contributed by atoms with Crippen molar-refractivity contribution in [2.24, 2.45) is 0 Å². The zero-order valence-corrected chi connectivity index (χ0v) is 19.1. The molecule has 1 saturated carbocycles. The van der Waals surface area contributed by atoms with Crippen LogP contribution in [0.5, 0.6) is 0 Å². The molecule has 1 aliphatic carbocycles. The van der Waals surface area contributed by atoms with Crippen molar-refractivity contribution in [1.82, 2.24) is 25.3 Å². The van der Waals surface area contributed by atoms with Gasteiger partial charge in [0.2, 0.25) is 0 Å². The Bertz CT molecular complexity index is 1580. The second kappa shape index (κ2) is 8.00. The fourth-order valence-electron chi connectivity index (χ4n) is 5.63. The summed E-state index contributed by atoms with van der Waals surface area (Å²) in [7, 11) is 0. The normalized spacial score (nSPS) is 18.8. The number of aromatic amines is 2. The summed E-state index contributed by atoms with van der Waals surface area (Å²) in [5.74, 6) is 9.48. The van der Waals surface area contributed by atoms with E-state index in [0.29, 0.717) is 12.0 Å². The van der Waals surface area contributed by atoms with Gasteiger partial charge in [0, 0.05) is 22.4 Å². The molecule has 5 nitrogen and oxygen atoms in total. The van der Waals surface area contributed by atoms with E-state index in [0.717, 1.165) is 57.8 Å². The lowest BCUT2D eigenvalue weighted by Crippen LogP contribution is -2.13. The van der Waals surface area contributed by atoms with Gasteiger partial charge in [-0.15, -0.1) is 0 Å². The van der Waals surface area contributed by atoms with Crippen molar-refractivity contribution in [3.63, 3.8) is 0 Å². The molecule has 0 amide bonds. The predicted molar refractivity (Wildman–Crippen MR) is 137 cm³/mol. The highest BCUT2D eigenvalue weighted by Crippen LogP contribution is 2.33. The molecule has 1 atom stereocenters. The van der Waals surface area contributed by atoms with E-state index in [1.807, 2.05) is 0 Å². The molecule has 0 spiro atoms. The van der Waals surface area contributed by atoms with Crippen LogP contribution >= 0.6 is 0 Å². The van der Waals surface area contributed by atoms with Crippen LogP contribution in [0.4, 0.5) is 0 Å². The number of hydrogen-bond acceptors (Lipinski definition) is 3. The molecular weight excluding hydrogens is 418 g/mol. The number of nitrogens with one attached hydrogen (secondary N) is 3. The molecular formula is C29H27N5. The van der Waals surface area contributed by atoms with Crippen molar-refractivity contribution < 1.29 is 0 Å². The maximum Gasteiger partial charge on any atom is 0.124 e. The molecule has 2 aliphatic rings. The van der Waals surface area contributed by atoms with Crippen molar-refractivity contribution in [3.05, 3.63) is 71.3 Å². The van der Waals surface area contributed by atoms with Crippen LogP contribution in [0.2, 0.25) is 0 Å². The number of benzene rings is 3. The van der Waals surface area contributed by atoms with Gasteiger partial charge in [0.25, 0.3) is 0 Å². The standard InChI is InChI=1S/C29H27N5/c1-2-5-20(4-1)28-31-23-13-10-19(17-26(23)33-28)8-7-18-9-12-22-21(16-18)11-14-24-27(22)34-29(32-24)25-6-3-15-30-25/h9-14,16-17,20,25,30H,1-6,15H2,(H,31,33)(H,32,34)/t25-/m0/s1. The van der Waals surface area contributed by atoms with Gasteiger partial charge >= 0.3 is 0 Å². The first kappa shape index (κ1) is 19.8. The Hall–Kier alpha value is -3.62. The summed E-state index contributed by atoms with van der Waals surface area (Å²) in [4.78, 5) is 16.8. The predicted octanol–water partition coefficient (Wildman–Crippen LogP) is 6.07. The molecule has 3 N–H and O–H groups in total. The second-order valence-corrected chi connectivity index (χ2v) is 9.75. The van der Waals surface area contributed by atoms with Crippen LogP contribution in [0.15, 0.2) is 48.5 Å². The smallest absolute Gasteiger partial charge is 0.124 e. The number of aromatic nitrogens is 4. The molecule has 0 radical (unpaired) electrons. The molecule has 1 saturated heterocycles. The third kappa shape index (κ3) is 3.46. The van der Waals surface area contributed by atoms with Crippen LogP contribution in [0.25, 0.3) is 32.8 Å². The summed E-state index contributed by atoms with van der Waals surface area (Å²) in [5, 5.41) is 5.87. The van der Waals surface area contributed by atoms with Gasteiger partial charge < -0.3 is 15.3 Å². The van der Waals surface area contributed by atoms with E-state index in [-0.39, 0.29) is 0 Å². The van der Waals surface area contributed by atoms with E-state index in [2.05, 4.69) is 75.7 Å². The van der Waals surface area contributed by atoms with Crippen molar-refractivity contribution in [2.45, 2.75) is 50.5 Å². The lowest BCUT2D eigenvalue weighted by atomic mass is 10.1. The minimum atomic E-state index is 0.342. The van der Waals surface area contributed by atoms with Crippen LogP contribution in [0, 0.1) is 11.8 Å². The average Bonchev–Trinajstić information content (AvgIpc) is 3.67. The first-order chi connectivity index (χ1) is 16.8. The van der Waals surface area contributed by atoms with E-state index < -0.39 is 0 Å². The van der Waals surface area contributed by atoms with E-state index in [9.17, 15) is 0 Å². The maximum absolute atomic E-state index is 4.94. The fourth-order valence-corrected chi connectivity index (χ4v) is 5.63. The van der Waals surface area contributed by atoms with Gasteiger partial charge in [-0.25, -0.2) is 9.97 Å². The summed E-state index contributed by atoms with van der Waals surface area (Å²) < 4.78 is 0. The van der Waals surface area contributed by atoms with Crippen LogP contribution in [0.3, 0.4) is 0 Å². The zero-order chi connectivity index (χ0) is 22.5. The second-order valence-electron chi connectivity index (χ2n) is 9.75. The molecule has 2 fully saturated rings. The van der Waals surface area contributed by atoms with Crippen molar-refractivity contribution in [2.75, 3.05) is 6.54 Å². The van der Waals surface area contributed by atoms with Crippen molar-refractivity contribution in [3.8, 4) is 11.8 Å². The fraction of sp³-hybridized carbons (Fsp3) is 0.310. The average molecular weight is 446 g/mol. The number of H-pyrrole nitrogens is 2. The lowest BCUT2D eigenvalue weighted by molar-refractivity contribution is 0.614. The Labute approximate surface area is 198 Å². The molecule has 0 unspecified atom stereocenters. The van der Waals surface area contributed by atoms with Crippen LogP contribution in [0.1, 0.15) is 73.3 Å². The van der Waals surface area contributed by atoms with Gasteiger partial charge in [-0.3, -0.25) is 0 Å². The van der Waals surface area contributed by atoms with Crippen molar-refractivity contribution >= 4 is 32.8 Å². The Morgan fingerprint density at radius 3 is 2.41 bits per heavy atom. The molecule has 3 aromatic carbocycles. The van der Waals surface area contributed by atoms with Crippen LogP contribution < -0.4 is 5.32 Å². The minimum absolute atomic E-state index is 0.342. The maximum atomic E-state index is 4.94. The number of nitrogens with zero attached hydrogens (tertiary/aromatic N) is 2. The molecule has 7 rings (SSSR count). The van der Waals surface area contributed by atoms with Gasteiger partial charge in [-0.05, 0) is 74.0 Å². The van der Waals surface area contributed by atoms with Gasteiger partial charge in [0.05, 0.1) is 28.1 Å². The number of imidazole rings is 2. The number of hydrogen-bond donors (Lipinski definition) is 3. The Kier molecular flexibility index (Phi) is 4.66. The Balaban J connectivity index is 1.19. The summed E-state index contributed by atoms with van der Waals surface area (Å²) in [6.07, 6.45) is 7.47. The first-order valence-corrected chi connectivity index (χ1v) is 12.5. The third-order valence-corrected chi connectivity index (χ3v) is 7.47. The van der Waals surface area contributed by atoms with Crippen LogP contribution in [-0.2, 0) is 0 Å². The van der Waals surface area contributed by atoms with E-state index >= 15 is 0 Å². The summed E-state index contributed by atoms with van der Waals surface area (Å²) >= 11 is 0. The molecule has 168 valence electrons. The largest absolute Gasteiger partial charge is 0.342 e. The van der Waals surface area contributed by atoms with E-state index in [1.54, 1.807) is 0 Å². The van der Waals surface area contributed by atoms with Crippen LogP contribution in [-0.4, -0.2) is 26.5 Å². The monoisotopic (exact) mass is 445 g/mol. The summed E-state index contributed by atoms with van der Waals surface area (Å²) in [5.41, 5.74) is 6.28. The topological polar surface area (TPSA) is 69.4 Å². The molecule has 2 aromatic heterocycles. The quantitative estimate of drug-likeness (QED) is 0.289. The van der Waals surface area contributed by atoms with Gasteiger partial charge in [-0.1, -0.05) is 36.8 Å². The zero-order valence-electron chi connectivity index (χ0n) is 19.1. The molecule has 5 aromatic rings. The first-order valence-electron chi connectivity index (χ1n) is 12.5. The van der Waals surface area contributed by atoms with Gasteiger partial charge in [-0.2, -0.15) is 0 Å². The van der Waals surface area contributed by atoms with Gasteiger partial charge in [0.15, 0.2) is 0 Å². The van der Waals surface area contributed by atoms with E-state index in [1.165, 1.54) is 42.9 Å².